The topological polar surface area (TPSA) is 97.4 Å². The van der Waals surface area contributed by atoms with Crippen molar-refractivity contribution in [3.8, 4) is 22.6 Å². The summed E-state index contributed by atoms with van der Waals surface area (Å²) in [5, 5.41) is 8.81. The number of piperidine rings is 1. The van der Waals surface area contributed by atoms with E-state index in [0.717, 1.165) is 61.0 Å². The van der Waals surface area contributed by atoms with Gasteiger partial charge in [-0.3, -0.25) is 9.51 Å². The van der Waals surface area contributed by atoms with Crippen LogP contribution in [-0.4, -0.2) is 49.2 Å². The molecular formula is C29H30B2Cl2N4O4. The minimum atomic E-state index is -0.644. The van der Waals surface area contributed by atoms with E-state index >= 15 is 0 Å². The average Bonchev–Trinajstić information content (AvgIpc) is 3.42. The molecule has 8 nitrogen and oxygen atoms in total. The fraction of sp³-hybridized carbons (Fsp3) is 0.414. The van der Waals surface area contributed by atoms with Crippen molar-refractivity contribution in [3.63, 3.8) is 0 Å². The van der Waals surface area contributed by atoms with E-state index in [9.17, 15) is 4.79 Å². The number of nitrogens with zero attached hydrogens (tertiary/aromatic N) is 3. The van der Waals surface area contributed by atoms with E-state index in [4.69, 9.17) is 37.0 Å². The van der Waals surface area contributed by atoms with Crippen molar-refractivity contribution in [2.45, 2.75) is 75.0 Å². The zero-order valence-corrected chi connectivity index (χ0v) is 24.8. The van der Waals surface area contributed by atoms with Gasteiger partial charge in [0.25, 0.3) is 0 Å². The summed E-state index contributed by atoms with van der Waals surface area (Å²) in [5.74, 6) is 1.15. The zero-order chi connectivity index (χ0) is 28.5. The highest BCUT2D eigenvalue weighted by Gasteiger charge is 2.45. The molecule has 0 unspecified atom stereocenters. The number of benzene rings is 2. The molecule has 1 aliphatic carbocycles. The summed E-state index contributed by atoms with van der Waals surface area (Å²) < 4.78 is 17.6. The van der Waals surface area contributed by atoms with Crippen LogP contribution in [0.4, 0.5) is 5.69 Å². The first kappa shape index (κ1) is 26.9. The van der Waals surface area contributed by atoms with E-state index < -0.39 is 11.2 Å². The molecule has 3 fully saturated rings. The van der Waals surface area contributed by atoms with Gasteiger partial charge in [-0.2, -0.15) is 0 Å². The van der Waals surface area contributed by atoms with Crippen LogP contribution in [0, 0.1) is 6.92 Å². The molecule has 41 heavy (non-hydrogen) atoms. The smallest absolute Gasteiger partial charge is 0.385 e. The summed E-state index contributed by atoms with van der Waals surface area (Å²) in [6, 6.07) is 12.6. The van der Waals surface area contributed by atoms with Gasteiger partial charge in [0.1, 0.15) is 27.1 Å². The minimum absolute atomic E-state index is 0.0934. The van der Waals surface area contributed by atoms with Crippen LogP contribution in [0.3, 0.4) is 0 Å². The molecule has 2 aromatic carbocycles. The molecule has 2 aliphatic heterocycles. The average molecular weight is 591 g/mol. The van der Waals surface area contributed by atoms with E-state index in [1.165, 1.54) is 5.69 Å². The van der Waals surface area contributed by atoms with E-state index in [-0.39, 0.29) is 6.10 Å². The van der Waals surface area contributed by atoms with Crippen molar-refractivity contribution in [1.82, 2.24) is 15.3 Å². The fourth-order valence-corrected chi connectivity index (χ4v) is 7.52. The van der Waals surface area contributed by atoms with Crippen LogP contribution in [0.25, 0.3) is 22.6 Å². The van der Waals surface area contributed by atoms with Crippen molar-refractivity contribution in [2.75, 3.05) is 4.90 Å². The fourth-order valence-electron chi connectivity index (χ4n) is 6.94. The van der Waals surface area contributed by atoms with Gasteiger partial charge in [-0.25, -0.2) is 4.79 Å². The van der Waals surface area contributed by atoms with E-state index in [1.807, 2.05) is 31.2 Å². The number of hydrogen-bond donors (Lipinski definition) is 1. The van der Waals surface area contributed by atoms with Gasteiger partial charge in [0.2, 0.25) is 0 Å². The third-order valence-electron chi connectivity index (χ3n) is 8.82. The molecule has 2 saturated heterocycles. The SMILES string of the molecule is BC(B)(O[C@H]1C[C@H]2CC[C@@H](C1)N2c1ccc(-c2noc(=O)[nH]2)c(C)c1)c1c(-c2c(Cl)cccc2Cl)noc1C1CC1. The first-order valence-electron chi connectivity index (χ1n) is 14.3. The van der Waals surface area contributed by atoms with Gasteiger partial charge < -0.3 is 14.2 Å². The number of nitrogens with one attached hydrogen (secondary N) is 1. The number of ether oxygens (including phenoxy) is 1. The zero-order valence-electron chi connectivity index (χ0n) is 23.2. The number of aromatic amines is 1. The Bertz CT molecular complexity index is 1650. The van der Waals surface area contributed by atoms with Crippen molar-refractivity contribution in [1.29, 1.82) is 0 Å². The van der Waals surface area contributed by atoms with Crippen molar-refractivity contribution < 1.29 is 13.8 Å². The number of aryl methyl sites for hydroxylation is 1. The molecule has 12 heteroatoms. The lowest BCUT2D eigenvalue weighted by Gasteiger charge is -2.43. The lowest BCUT2D eigenvalue weighted by molar-refractivity contribution is -0.0177. The molecule has 4 heterocycles. The van der Waals surface area contributed by atoms with E-state index in [2.05, 4.69) is 48.0 Å². The largest absolute Gasteiger partial charge is 0.439 e. The molecule has 0 amide bonds. The highest BCUT2D eigenvalue weighted by atomic mass is 35.5. The summed E-state index contributed by atoms with van der Waals surface area (Å²) in [5.41, 5.74) is 5.42. The lowest BCUT2D eigenvalue weighted by atomic mass is 9.59. The van der Waals surface area contributed by atoms with Crippen LogP contribution in [0.5, 0.6) is 0 Å². The maximum absolute atomic E-state index is 11.4. The van der Waals surface area contributed by atoms with Crippen LogP contribution in [0.1, 0.15) is 61.3 Å². The quantitative estimate of drug-likeness (QED) is 0.310. The van der Waals surface area contributed by atoms with Gasteiger partial charge in [-0.1, -0.05) is 39.6 Å². The minimum Gasteiger partial charge on any atom is -0.385 e. The van der Waals surface area contributed by atoms with Gasteiger partial charge >= 0.3 is 5.76 Å². The number of hydrogen-bond acceptors (Lipinski definition) is 7. The van der Waals surface area contributed by atoms with Gasteiger partial charge in [0.15, 0.2) is 5.82 Å². The Morgan fingerprint density at radius 2 is 1.73 bits per heavy atom. The van der Waals surface area contributed by atoms with Crippen molar-refractivity contribution in [2.24, 2.45) is 0 Å². The van der Waals surface area contributed by atoms with Crippen LogP contribution >= 0.6 is 23.2 Å². The maximum atomic E-state index is 11.4. The Balaban J connectivity index is 1.14. The summed E-state index contributed by atoms with van der Waals surface area (Å²) in [6.45, 7) is 2.03. The first-order chi connectivity index (χ1) is 19.7. The predicted molar refractivity (Wildman–Crippen MR) is 163 cm³/mol. The second kappa shape index (κ2) is 10.1. The molecule has 2 aromatic heterocycles. The number of fused-ring (bicyclic) bond motifs is 2. The Hall–Kier alpha value is -2.94. The number of aromatic nitrogens is 3. The number of rotatable bonds is 7. The van der Waals surface area contributed by atoms with Crippen molar-refractivity contribution in [3.05, 3.63) is 73.9 Å². The monoisotopic (exact) mass is 590 g/mol. The normalized spacial score (nSPS) is 22.4. The van der Waals surface area contributed by atoms with E-state index in [0.29, 0.717) is 45.1 Å². The maximum Gasteiger partial charge on any atom is 0.439 e. The molecular weight excluding hydrogens is 561 g/mol. The Labute approximate surface area is 249 Å². The summed E-state index contributed by atoms with van der Waals surface area (Å²) >= 11 is 13.2. The van der Waals surface area contributed by atoms with Crippen LogP contribution in [-0.2, 0) is 10.1 Å². The number of H-pyrrole nitrogens is 1. The third-order valence-corrected chi connectivity index (χ3v) is 9.45. The van der Waals surface area contributed by atoms with Crippen LogP contribution in [0.15, 0.2) is 50.2 Å². The molecule has 3 aliphatic rings. The van der Waals surface area contributed by atoms with Gasteiger partial charge in [0.05, 0.1) is 16.1 Å². The Morgan fingerprint density at radius 1 is 1.02 bits per heavy atom. The second-order valence-corrected chi connectivity index (χ2v) is 12.9. The standard InChI is InChI=1S/C29H30B2Cl2N4O4/c1-14-11-16(9-10-20(14)27-34-28(38)41-36-27)37-17-7-8-18(37)13-19(12-17)39-29(30,31)24-25(35-40-26(24)15-5-6-15)23-21(32)3-2-4-22(23)33/h2-4,9-11,15,17-19H,5-8,12-13,30-31H2,1H3,(H,34,36,38)/t17-,18+,19+. The molecule has 7 rings (SSSR count). The highest BCUT2D eigenvalue weighted by molar-refractivity contribution is 6.41. The third kappa shape index (κ3) is 4.84. The van der Waals surface area contributed by atoms with Crippen LogP contribution < -0.4 is 10.7 Å². The molecule has 2 bridgehead atoms. The molecule has 4 aromatic rings. The molecule has 1 N–H and O–H groups in total. The lowest BCUT2D eigenvalue weighted by Crippen LogP contribution is -2.48. The highest BCUT2D eigenvalue weighted by Crippen LogP contribution is 2.50. The molecule has 0 radical (unpaired) electrons. The molecule has 3 atom stereocenters. The van der Waals surface area contributed by atoms with Gasteiger partial charge in [0, 0.05) is 45.8 Å². The van der Waals surface area contributed by atoms with E-state index in [1.54, 1.807) is 0 Å². The first-order valence-corrected chi connectivity index (χ1v) is 15.0. The summed E-state index contributed by atoms with van der Waals surface area (Å²) in [6.07, 6.45) is 6.39. The van der Waals surface area contributed by atoms with Crippen LogP contribution in [0.2, 0.25) is 10.0 Å². The molecule has 210 valence electrons. The predicted octanol–water partition coefficient (Wildman–Crippen LogP) is 4.77. The molecule has 1 saturated carbocycles. The molecule has 0 spiro atoms. The Morgan fingerprint density at radius 3 is 2.34 bits per heavy atom. The summed E-state index contributed by atoms with van der Waals surface area (Å²) in [4.78, 5) is 16.6. The van der Waals surface area contributed by atoms with Crippen molar-refractivity contribution >= 4 is 44.6 Å². The number of anilines is 1. The Kier molecular flexibility index (Phi) is 6.64. The van der Waals surface area contributed by atoms with Gasteiger partial charge in [-0.05, 0) is 81.3 Å². The number of halogens is 2. The second-order valence-electron chi connectivity index (χ2n) is 12.1. The summed E-state index contributed by atoms with van der Waals surface area (Å²) in [7, 11) is 4.23. The van der Waals surface area contributed by atoms with Gasteiger partial charge in [-0.15, -0.1) is 0 Å².